The summed E-state index contributed by atoms with van der Waals surface area (Å²) in [7, 11) is 0. The Kier molecular flexibility index (Phi) is 4.44. The molecule has 3 heterocycles. The number of aryl methyl sites for hydroxylation is 1. The molecule has 1 unspecified atom stereocenters. The lowest BCUT2D eigenvalue weighted by Gasteiger charge is -2.15. The molecule has 104 valence electrons. The summed E-state index contributed by atoms with van der Waals surface area (Å²) in [5, 5.41) is 18.2. The summed E-state index contributed by atoms with van der Waals surface area (Å²) >= 11 is 5.23. The van der Waals surface area contributed by atoms with Crippen LogP contribution >= 0.6 is 34.0 Å². The fourth-order valence-electron chi connectivity index (χ4n) is 1.95. The van der Waals surface area contributed by atoms with Crippen LogP contribution in [0.1, 0.15) is 27.7 Å². The van der Waals surface area contributed by atoms with Gasteiger partial charge in [0, 0.05) is 16.2 Å². The van der Waals surface area contributed by atoms with Gasteiger partial charge in [-0.3, -0.25) is 0 Å². The van der Waals surface area contributed by atoms with Crippen molar-refractivity contribution in [2.45, 2.75) is 25.8 Å². The van der Waals surface area contributed by atoms with Gasteiger partial charge in [0.1, 0.15) is 5.01 Å². The first-order chi connectivity index (χ1) is 9.85. The highest BCUT2D eigenvalue weighted by Crippen LogP contribution is 2.29. The van der Waals surface area contributed by atoms with Gasteiger partial charge in [-0.15, -0.1) is 32.9 Å². The van der Waals surface area contributed by atoms with E-state index in [1.54, 1.807) is 34.0 Å². The number of thiophene rings is 2. The van der Waals surface area contributed by atoms with E-state index in [1.807, 2.05) is 0 Å². The van der Waals surface area contributed by atoms with Crippen LogP contribution in [0.2, 0.25) is 0 Å². The smallest absolute Gasteiger partial charge is 0.206 e. The van der Waals surface area contributed by atoms with Crippen LogP contribution < -0.4 is 5.32 Å². The summed E-state index contributed by atoms with van der Waals surface area (Å²) in [6.07, 6.45) is 1.92. The van der Waals surface area contributed by atoms with Crippen molar-refractivity contribution in [3.63, 3.8) is 0 Å². The van der Waals surface area contributed by atoms with Crippen molar-refractivity contribution in [2.75, 3.05) is 5.32 Å². The highest BCUT2D eigenvalue weighted by atomic mass is 32.1. The molecule has 3 nitrogen and oxygen atoms in total. The van der Waals surface area contributed by atoms with Gasteiger partial charge in [0.15, 0.2) is 0 Å². The average Bonchev–Trinajstić information content (AvgIpc) is 3.21. The van der Waals surface area contributed by atoms with Gasteiger partial charge in [-0.2, -0.15) is 0 Å². The predicted molar refractivity (Wildman–Crippen MR) is 88.0 cm³/mol. The topological polar surface area (TPSA) is 37.8 Å². The van der Waals surface area contributed by atoms with E-state index in [4.69, 9.17) is 0 Å². The van der Waals surface area contributed by atoms with Crippen LogP contribution in [0.4, 0.5) is 5.13 Å². The Bertz CT molecular complexity index is 628. The van der Waals surface area contributed by atoms with Crippen LogP contribution in [0.25, 0.3) is 0 Å². The molecule has 0 radical (unpaired) electrons. The molecule has 1 atom stereocenters. The van der Waals surface area contributed by atoms with E-state index in [0.717, 1.165) is 23.0 Å². The SMILES string of the molecule is CCc1nnc(NC(Cc2cccs2)c2cccs2)s1. The molecule has 0 spiro atoms. The molecule has 0 bridgehead atoms. The van der Waals surface area contributed by atoms with Crippen molar-refractivity contribution < 1.29 is 0 Å². The van der Waals surface area contributed by atoms with Gasteiger partial charge in [-0.05, 0) is 29.3 Å². The maximum absolute atomic E-state index is 4.23. The number of aromatic nitrogens is 2. The standard InChI is InChI=1S/C14H15N3S3/c1-2-13-16-17-14(20-13)15-11(12-6-4-8-19-12)9-10-5-3-7-18-10/h3-8,11H,2,9H2,1H3,(H,15,17). The second-order valence-corrected chi connectivity index (χ2v) is 7.42. The van der Waals surface area contributed by atoms with Gasteiger partial charge >= 0.3 is 0 Å². The van der Waals surface area contributed by atoms with E-state index in [0.29, 0.717) is 0 Å². The first-order valence-corrected chi connectivity index (χ1v) is 9.07. The molecule has 3 aromatic rings. The molecule has 6 heteroatoms. The Morgan fingerprint density at radius 1 is 1.15 bits per heavy atom. The van der Waals surface area contributed by atoms with Crippen LogP contribution in [-0.4, -0.2) is 10.2 Å². The number of hydrogen-bond donors (Lipinski definition) is 1. The van der Waals surface area contributed by atoms with Crippen molar-refractivity contribution in [3.05, 3.63) is 49.8 Å². The molecule has 0 aliphatic heterocycles. The Balaban J connectivity index is 1.78. The lowest BCUT2D eigenvalue weighted by Crippen LogP contribution is -2.11. The van der Waals surface area contributed by atoms with E-state index in [9.17, 15) is 0 Å². The molecule has 0 fully saturated rings. The third-order valence-corrected chi connectivity index (χ3v) is 5.82. The normalized spacial score (nSPS) is 12.4. The summed E-state index contributed by atoms with van der Waals surface area (Å²) in [4.78, 5) is 2.72. The maximum Gasteiger partial charge on any atom is 0.206 e. The quantitative estimate of drug-likeness (QED) is 0.720. The van der Waals surface area contributed by atoms with Crippen molar-refractivity contribution >= 4 is 39.1 Å². The number of hydrogen-bond acceptors (Lipinski definition) is 6. The highest BCUT2D eigenvalue weighted by Gasteiger charge is 2.16. The van der Waals surface area contributed by atoms with E-state index >= 15 is 0 Å². The summed E-state index contributed by atoms with van der Waals surface area (Å²) in [6.45, 7) is 2.10. The Labute approximate surface area is 130 Å². The zero-order valence-electron chi connectivity index (χ0n) is 11.1. The second-order valence-electron chi connectivity index (χ2n) is 4.35. The van der Waals surface area contributed by atoms with Gasteiger partial charge in [-0.25, -0.2) is 0 Å². The van der Waals surface area contributed by atoms with E-state index in [-0.39, 0.29) is 6.04 Å². The summed E-state index contributed by atoms with van der Waals surface area (Å²) in [6, 6.07) is 8.83. The molecule has 0 saturated carbocycles. The average molecular weight is 321 g/mol. The molecule has 20 heavy (non-hydrogen) atoms. The van der Waals surface area contributed by atoms with Crippen molar-refractivity contribution in [1.29, 1.82) is 0 Å². The largest absolute Gasteiger partial charge is 0.352 e. The van der Waals surface area contributed by atoms with Crippen LogP contribution in [-0.2, 0) is 12.8 Å². The van der Waals surface area contributed by atoms with Crippen LogP contribution in [0.15, 0.2) is 35.0 Å². The fraction of sp³-hybridized carbons (Fsp3) is 0.286. The first-order valence-electron chi connectivity index (χ1n) is 6.50. The van der Waals surface area contributed by atoms with Gasteiger partial charge < -0.3 is 5.32 Å². The molecule has 0 aliphatic rings. The summed E-state index contributed by atoms with van der Waals surface area (Å²) in [5.41, 5.74) is 0. The number of nitrogens with one attached hydrogen (secondary N) is 1. The number of nitrogens with zero attached hydrogens (tertiary/aromatic N) is 2. The van der Waals surface area contributed by atoms with Crippen LogP contribution in [0.5, 0.6) is 0 Å². The Morgan fingerprint density at radius 3 is 2.65 bits per heavy atom. The first kappa shape index (κ1) is 13.7. The minimum absolute atomic E-state index is 0.270. The van der Waals surface area contributed by atoms with E-state index in [1.165, 1.54) is 9.75 Å². The summed E-state index contributed by atoms with van der Waals surface area (Å²) in [5.74, 6) is 0. The number of rotatable bonds is 6. The lowest BCUT2D eigenvalue weighted by atomic mass is 10.1. The lowest BCUT2D eigenvalue weighted by molar-refractivity contribution is 0.796. The third-order valence-electron chi connectivity index (χ3n) is 2.94. The molecular formula is C14H15N3S3. The summed E-state index contributed by atoms with van der Waals surface area (Å²) < 4.78 is 0. The molecule has 0 amide bonds. The second kappa shape index (κ2) is 6.47. The van der Waals surface area contributed by atoms with E-state index in [2.05, 4.69) is 57.5 Å². The van der Waals surface area contributed by atoms with Crippen molar-refractivity contribution in [3.8, 4) is 0 Å². The third kappa shape index (κ3) is 3.26. The predicted octanol–water partition coefficient (Wildman–Crippen LogP) is 4.62. The molecule has 0 aromatic carbocycles. The van der Waals surface area contributed by atoms with Crippen molar-refractivity contribution in [1.82, 2.24) is 10.2 Å². The van der Waals surface area contributed by atoms with Gasteiger partial charge in [-0.1, -0.05) is 30.4 Å². The minimum Gasteiger partial charge on any atom is -0.352 e. The van der Waals surface area contributed by atoms with Crippen molar-refractivity contribution in [2.24, 2.45) is 0 Å². The molecular weight excluding hydrogens is 306 g/mol. The van der Waals surface area contributed by atoms with Gasteiger partial charge in [0.25, 0.3) is 0 Å². The molecule has 0 aliphatic carbocycles. The Morgan fingerprint density at radius 2 is 2.00 bits per heavy atom. The zero-order valence-corrected chi connectivity index (χ0v) is 13.5. The van der Waals surface area contributed by atoms with Crippen LogP contribution in [0.3, 0.4) is 0 Å². The maximum atomic E-state index is 4.23. The Hall–Kier alpha value is -1.24. The van der Waals surface area contributed by atoms with Gasteiger partial charge in [0.2, 0.25) is 5.13 Å². The monoisotopic (exact) mass is 321 g/mol. The molecule has 1 N–H and O–H groups in total. The molecule has 0 saturated heterocycles. The molecule has 3 aromatic heterocycles. The molecule has 3 rings (SSSR count). The highest BCUT2D eigenvalue weighted by molar-refractivity contribution is 7.15. The van der Waals surface area contributed by atoms with Crippen LogP contribution in [0, 0.1) is 0 Å². The van der Waals surface area contributed by atoms with E-state index < -0.39 is 0 Å². The number of anilines is 1. The minimum atomic E-state index is 0.270. The van der Waals surface area contributed by atoms with Gasteiger partial charge in [0.05, 0.1) is 6.04 Å². The fourth-order valence-corrected chi connectivity index (χ4v) is 4.21. The zero-order chi connectivity index (χ0) is 13.8.